The van der Waals surface area contributed by atoms with Crippen molar-refractivity contribution in [3.63, 3.8) is 0 Å². The van der Waals surface area contributed by atoms with Crippen LogP contribution < -0.4 is 0 Å². The van der Waals surface area contributed by atoms with Crippen molar-refractivity contribution in [2.24, 2.45) is 0 Å². The molecule has 8 nitrogen and oxygen atoms in total. The first kappa shape index (κ1) is 21.5. The summed E-state index contributed by atoms with van der Waals surface area (Å²) in [5, 5.41) is 9.81. The number of carbonyl (C=O) groups is 2. The molecule has 1 heterocycles. The van der Waals surface area contributed by atoms with Gasteiger partial charge in [0.25, 0.3) is 0 Å². The molecule has 10 heteroatoms. The van der Waals surface area contributed by atoms with Crippen molar-refractivity contribution >= 4 is 33.7 Å². The number of hydrogen-bond acceptors (Lipinski definition) is 5. The fraction of sp³-hybridized carbons (Fsp3) is 0.529. The number of carboxylic acids is 1. The highest BCUT2D eigenvalue weighted by Crippen LogP contribution is 2.23. The fourth-order valence-corrected chi connectivity index (χ4v) is 4.68. The first-order chi connectivity index (χ1) is 12.4. The van der Waals surface area contributed by atoms with E-state index in [1.807, 2.05) is 0 Å². The monoisotopic (exact) mass is 418 g/mol. The van der Waals surface area contributed by atoms with Crippen molar-refractivity contribution in [2.45, 2.75) is 38.2 Å². The predicted molar refractivity (Wildman–Crippen MR) is 100 cm³/mol. The third-order valence-electron chi connectivity index (χ3n) is 3.92. The van der Waals surface area contributed by atoms with Gasteiger partial charge in [0.05, 0.1) is 12.3 Å². The minimum atomic E-state index is -3.95. The minimum absolute atomic E-state index is 0.0421. The van der Waals surface area contributed by atoms with E-state index in [4.69, 9.17) is 16.3 Å². The average molecular weight is 419 g/mol. The largest absolute Gasteiger partial charge is 0.480 e. The van der Waals surface area contributed by atoms with E-state index in [0.29, 0.717) is 10.6 Å². The predicted octanol–water partition coefficient (Wildman–Crippen LogP) is 2.18. The highest BCUT2D eigenvalue weighted by atomic mass is 35.5. The lowest BCUT2D eigenvalue weighted by Gasteiger charge is -2.38. The molecule has 0 bridgehead atoms. The van der Waals surface area contributed by atoms with Crippen LogP contribution in [0.5, 0.6) is 0 Å². The molecule has 0 saturated carbocycles. The Hall–Kier alpha value is -1.84. The summed E-state index contributed by atoms with van der Waals surface area (Å²) in [7, 11) is -3.95. The second-order valence-corrected chi connectivity index (χ2v) is 9.57. The molecule has 1 aromatic carbocycles. The van der Waals surface area contributed by atoms with Gasteiger partial charge >= 0.3 is 12.1 Å². The van der Waals surface area contributed by atoms with E-state index in [2.05, 4.69) is 0 Å². The number of ether oxygens (including phenoxy) is 1. The Morgan fingerprint density at radius 2 is 1.89 bits per heavy atom. The van der Waals surface area contributed by atoms with Gasteiger partial charge in [-0.05, 0) is 32.4 Å². The number of piperazine rings is 1. The zero-order chi connectivity index (χ0) is 20.4. The summed E-state index contributed by atoms with van der Waals surface area (Å²) in [6.07, 6.45) is -0.670. The molecule has 2 rings (SSSR count). The van der Waals surface area contributed by atoms with Gasteiger partial charge in [0, 0.05) is 18.1 Å². The zero-order valence-electron chi connectivity index (χ0n) is 15.4. The number of hydrogen-bond donors (Lipinski definition) is 1. The minimum Gasteiger partial charge on any atom is -0.480 e. The van der Waals surface area contributed by atoms with Crippen LogP contribution in [0.4, 0.5) is 4.79 Å². The number of amides is 1. The maximum absolute atomic E-state index is 12.8. The molecule has 0 radical (unpaired) electrons. The van der Waals surface area contributed by atoms with Crippen LogP contribution in [0.15, 0.2) is 24.3 Å². The first-order valence-electron chi connectivity index (χ1n) is 8.34. The van der Waals surface area contributed by atoms with E-state index in [0.717, 1.165) is 4.31 Å². The number of aliphatic carboxylic acids is 1. The van der Waals surface area contributed by atoms with Crippen LogP contribution >= 0.6 is 11.6 Å². The van der Waals surface area contributed by atoms with Crippen molar-refractivity contribution < 1.29 is 27.9 Å². The Morgan fingerprint density at radius 1 is 1.26 bits per heavy atom. The zero-order valence-corrected chi connectivity index (χ0v) is 17.0. The second-order valence-electron chi connectivity index (χ2n) is 7.24. The molecule has 1 aliphatic heterocycles. The number of rotatable bonds is 4. The molecule has 150 valence electrons. The molecule has 1 fully saturated rings. The summed E-state index contributed by atoms with van der Waals surface area (Å²) in [6, 6.07) is 5.09. The molecule has 1 saturated heterocycles. The van der Waals surface area contributed by atoms with Crippen LogP contribution in [0.1, 0.15) is 26.3 Å². The van der Waals surface area contributed by atoms with Gasteiger partial charge in [0.15, 0.2) is 0 Å². The van der Waals surface area contributed by atoms with E-state index < -0.39 is 39.5 Å². The van der Waals surface area contributed by atoms with Gasteiger partial charge < -0.3 is 14.7 Å². The standard InChI is InChI=1S/C17H23ClN2O6S/c1-17(2,3)26-16(23)19-8-9-20(14(10-19)15(21)22)27(24,25)11-12-6-4-5-7-13(12)18/h4-7,14H,8-11H2,1-3H3,(H,21,22)/t14-/m0/s1. The number of benzene rings is 1. The molecular weight excluding hydrogens is 396 g/mol. The maximum Gasteiger partial charge on any atom is 0.410 e. The number of nitrogens with zero attached hydrogens (tertiary/aromatic N) is 2. The van der Waals surface area contributed by atoms with Gasteiger partial charge in [-0.3, -0.25) is 4.79 Å². The SMILES string of the molecule is CC(C)(C)OC(=O)N1CCN(S(=O)(=O)Cc2ccccc2Cl)[C@H](C(=O)O)C1. The second kappa shape index (κ2) is 8.04. The Labute approximate surface area is 163 Å². The van der Waals surface area contributed by atoms with Crippen LogP contribution in [0.2, 0.25) is 5.02 Å². The first-order valence-corrected chi connectivity index (χ1v) is 10.3. The fourth-order valence-electron chi connectivity index (χ4n) is 2.69. The Balaban J connectivity index is 2.19. The lowest BCUT2D eigenvalue weighted by Crippen LogP contribution is -2.59. The van der Waals surface area contributed by atoms with E-state index >= 15 is 0 Å². The Kier molecular flexibility index (Phi) is 6.39. The van der Waals surface area contributed by atoms with Gasteiger partial charge in [-0.15, -0.1) is 0 Å². The van der Waals surface area contributed by atoms with Crippen molar-refractivity contribution in [3.8, 4) is 0 Å². The molecule has 1 aromatic rings. The highest BCUT2D eigenvalue weighted by Gasteiger charge is 2.41. The van der Waals surface area contributed by atoms with E-state index in [9.17, 15) is 23.1 Å². The summed E-state index contributed by atoms with van der Waals surface area (Å²) in [6.45, 7) is 4.72. The molecular formula is C17H23ClN2O6S. The summed E-state index contributed by atoms with van der Waals surface area (Å²) in [4.78, 5) is 25.1. The van der Waals surface area contributed by atoms with Crippen molar-refractivity contribution in [1.82, 2.24) is 9.21 Å². The molecule has 1 aliphatic rings. The van der Waals surface area contributed by atoms with Gasteiger partial charge in [0.1, 0.15) is 11.6 Å². The molecule has 1 N–H and O–H groups in total. The van der Waals surface area contributed by atoms with Crippen molar-refractivity contribution in [1.29, 1.82) is 0 Å². The van der Waals surface area contributed by atoms with Crippen LogP contribution in [-0.4, -0.2) is 66.1 Å². The molecule has 0 aliphatic carbocycles. The number of carboxylic acid groups (broad SMARTS) is 1. The maximum atomic E-state index is 12.8. The Morgan fingerprint density at radius 3 is 2.44 bits per heavy atom. The third kappa shape index (κ3) is 5.57. The van der Waals surface area contributed by atoms with Crippen LogP contribution in [0.3, 0.4) is 0 Å². The van der Waals surface area contributed by atoms with Gasteiger partial charge in [0.2, 0.25) is 10.0 Å². The molecule has 0 unspecified atom stereocenters. The number of sulfonamides is 1. The average Bonchev–Trinajstić information content (AvgIpc) is 2.54. The number of carbonyl (C=O) groups excluding carboxylic acids is 1. The van der Waals surface area contributed by atoms with Gasteiger partial charge in [-0.2, -0.15) is 4.31 Å². The van der Waals surface area contributed by atoms with Crippen LogP contribution in [-0.2, 0) is 25.3 Å². The quantitative estimate of drug-likeness (QED) is 0.803. The van der Waals surface area contributed by atoms with Crippen LogP contribution in [0, 0.1) is 0 Å². The summed E-state index contributed by atoms with van der Waals surface area (Å²) < 4.78 is 31.8. The smallest absolute Gasteiger partial charge is 0.410 e. The molecule has 27 heavy (non-hydrogen) atoms. The molecule has 0 aromatic heterocycles. The van der Waals surface area contributed by atoms with Gasteiger partial charge in [-0.1, -0.05) is 29.8 Å². The summed E-state index contributed by atoms with van der Waals surface area (Å²) >= 11 is 6.03. The Bertz CT molecular complexity index is 821. The molecule has 0 spiro atoms. The number of halogens is 1. The van der Waals surface area contributed by atoms with Crippen LogP contribution in [0.25, 0.3) is 0 Å². The highest BCUT2D eigenvalue weighted by molar-refractivity contribution is 7.88. The lowest BCUT2D eigenvalue weighted by atomic mass is 10.2. The lowest BCUT2D eigenvalue weighted by molar-refractivity contribution is -0.143. The summed E-state index contributed by atoms with van der Waals surface area (Å²) in [5.41, 5.74) is -0.346. The third-order valence-corrected chi connectivity index (χ3v) is 6.12. The van der Waals surface area contributed by atoms with Crippen molar-refractivity contribution in [2.75, 3.05) is 19.6 Å². The molecule has 1 atom stereocenters. The van der Waals surface area contributed by atoms with E-state index in [1.54, 1.807) is 45.0 Å². The van der Waals surface area contributed by atoms with E-state index in [-0.39, 0.29) is 19.6 Å². The van der Waals surface area contributed by atoms with Crippen molar-refractivity contribution in [3.05, 3.63) is 34.9 Å². The normalized spacial score (nSPS) is 19.0. The molecule has 1 amide bonds. The topological polar surface area (TPSA) is 104 Å². The van der Waals surface area contributed by atoms with E-state index in [1.165, 1.54) is 4.90 Å². The summed E-state index contributed by atoms with van der Waals surface area (Å²) in [5.74, 6) is -1.74. The van der Waals surface area contributed by atoms with Gasteiger partial charge in [-0.25, -0.2) is 13.2 Å².